The molecule has 0 amide bonds. The van der Waals surface area contributed by atoms with E-state index in [0.29, 0.717) is 12.6 Å². The Morgan fingerprint density at radius 3 is 2.77 bits per heavy atom. The number of hydrogen-bond acceptors (Lipinski definition) is 3. The Labute approximate surface area is 80.9 Å². The van der Waals surface area contributed by atoms with Crippen LogP contribution in [0.1, 0.15) is 33.1 Å². The van der Waals surface area contributed by atoms with Crippen molar-refractivity contribution < 1.29 is 5.11 Å². The summed E-state index contributed by atoms with van der Waals surface area (Å²) < 4.78 is 0. The van der Waals surface area contributed by atoms with Crippen molar-refractivity contribution in [3.63, 3.8) is 0 Å². The number of hydrogen-bond donors (Lipinski definition) is 2. The molecule has 13 heavy (non-hydrogen) atoms. The molecule has 3 N–H and O–H groups in total. The van der Waals surface area contributed by atoms with E-state index in [9.17, 15) is 5.11 Å². The molecule has 1 aliphatic rings. The van der Waals surface area contributed by atoms with Gasteiger partial charge in [-0.2, -0.15) is 0 Å². The van der Waals surface area contributed by atoms with Crippen molar-refractivity contribution >= 4 is 0 Å². The molecule has 1 fully saturated rings. The first-order chi connectivity index (χ1) is 6.05. The van der Waals surface area contributed by atoms with Crippen LogP contribution in [0.15, 0.2) is 0 Å². The first-order valence-corrected chi connectivity index (χ1v) is 5.22. The predicted octanol–water partition coefficient (Wildman–Crippen LogP) is 0.570. The van der Waals surface area contributed by atoms with Crippen LogP contribution in [-0.2, 0) is 0 Å². The van der Waals surface area contributed by atoms with Gasteiger partial charge >= 0.3 is 0 Å². The van der Waals surface area contributed by atoms with Gasteiger partial charge in [0.05, 0.1) is 5.60 Å². The summed E-state index contributed by atoms with van der Waals surface area (Å²) in [6.45, 7) is 6.85. The largest absolute Gasteiger partial charge is 0.390 e. The molecule has 0 bridgehead atoms. The van der Waals surface area contributed by atoms with Gasteiger partial charge in [0.2, 0.25) is 0 Å². The minimum Gasteiger partial charge on any atom is -0.390 e. The highest BCUT2D eigenvalue weighted by Crippen LogP contribution is 2.22. The Hall–Kier alpha value is -0.120. The van der Waals surface area contributed by atoms with E-state index in [2.05, 4.69) is 11.8 Å². The fourth-order valence-corrected chi connectivity index (χ4v) is 1.87. The fraction of sp³-hybridized carbons (Fsp3) is 1.00. The van der Waals surface area contributed by atoms with Crippen LogP contribution in [0.2, 0.25) is 0 Å². The van der Waals surface area contributed by atoms with Crippen molar-refractivity contribution in [2.24, 2.45) is 5.73 Å². The average Bonchev–Trinajstić information content (AvgIpc) is 2.25. The number of nitrogens with two attached hydrogens (primary N) is 1. The molecule has 0 radical (unpaired) electrons. The lowest BCUT2D eigenvalue weighted by molar-refractivity contribution is 0.0435. The first-order valence-electron chi connectivity index (χ1n) is 5.22. The van der Waals surface area contributed by atoms with E-state index < -0.39 is 5.60 Å². The van der Waals surface area contributed by atoms with Gasteiger partial charge in [-0.05, 0) is 39.7 Å². The van der Waals surface area contributed by atoms with Crippen LogP contribution in [0.5, 0.6) is 0 Å². The Morgan fingerprint density at radius 1 is 1.46 bits per heavy atom. The van der Waals surface area contributed by atoms with Crippen LogP contribution in [-0.4, -0.2) is 41.3 Å². The fourth-order valence-electron chi connectivity index (χ4n) is 1.87. The van der Waals surface area contributed by atoms with Gasteiger partial charge in [0, 0.05) is 19.1 Å². The Kier molecular flexibility index (Phi) is 3.71. The molecule has 1 heterocycles. The van der Waals surface area contributed by atoms with Crippen LogP contribution in [0.4, 0.5) is 0 Å². The van der Waals surface area contributed by atoms with Gasteiger partial charge in [-0.25, -0.2) is 0 Å². The molecule has 3 nitrogen and oxygen atoms in total. The SMILES string of the molecule is CC(CN)N1CCCC(C)(O)CC1. The van der Waals surface area contributed by atoms with Gasteiger partial charge in [0.1, 0.15) is 0 Å². The van der Waals surface area contributed by atoms with E-state index >= 15 is 0 Å². The molecule has 0 aromatic rings. The average molecular weight is 186 g/mol. The third-order valence-electron chi connectivity index (χ3n) is 3.06. The lowest BCUT2D eigenvalue weighted by Gasteiger charge is -2.27. The molecule has 0 aromatic carbocycles. The maximum atomic E-state index is 9.87. The minimum atomic E-state index is -0.455. The highest BCUT2D eigenvalue weighted by molar-refractivity contribution is 4.81. The number of likely N-dealkylation sites (tertiary alicyclic amines) is 1. The van der Waals surface area contributed by atoms with Crippen LogP contribution >= 0.6 is 0 Å². The van der Waals surface area contributed by atoms with Gasteiger partial charge in [0.15, 0.2) is 0 Å². The second-order valence-corrected chi connectivity index (χ2v) is 4.47. The number of rotatable bonds is 2. The second kappa shape index (κ2) is 4.40. The second-order valence-electron chi connectivity index (χ2n) is 4.47. The summed E-state index contributed by atoms with van der Waals surface area (Å²) in [7, 11) is 0. The summed E-state index contributed by atoms with van der Waals surface area (Å²) in [6, 6.07) is 0.453. The molecule has 0 spiro atoms. The molecular weight excluding hydrogens is 164 g/mol. The monoisotopic (exact) mass is 186 g/mol. The van der Waals surface area contributed by atoms with Crippen molar-refractivity contribution in [1.82, 2.24) is 4.90 Å². The van der Waals surface area contributed by atoms with Gasteiger partial charge in [0.25, 0.3) is 0 Å². The Bertz CT molecular complexity index is 159. The van der Waals surface area contributed by atoms with E-state index in [4.69, 9.17) is 5.73 Å². The summed E-state index contributed by atoms with van der Waals surface area (Å²) >= 11 is 0. The minimum absolute atomic E-state index is 0.453. The predicted molar refractivity (Wildman–Crippen MR) is 54.6 cm³/mol. The summed E-state index contributed by atoms with van der Waals surface area (Å²) in [4.78, 5) is 2.38. The summed E-state index contributed by atoms with van der Waals surface area (Å²) in [5.41, 5.74) is 5.16. The smallest absolute Gasteiger partial charge is 0.0632 e. The van der Waals surface area contributed by atoms with Crippen LogP contribution in [0.3, 0.4) is 0 Å². The molecule has 0 saturated carbocycles. The molecule has 1 rings (SSSR count). The zero-order valence-corrected chi connectivity index (χ0v) is 8.79. The van der Waals surface area contributed by atoms with Crippen molar-refractivity contribution in [2.75, 3.05) is 19.6 Å². The lowest BCUT2D eigenvalue weighted by atomic mass is 9.98. The summed E-state index contributed by atoms with van der Waals surface area (Å²) in [6.07, 6.45) is 2.87. The number of nitrogens with zero attached hydrogens (tertiary/aromatic N) is 1. The Balaban J connectivity index is 2.45. The van der Waals surface area contributed by atoms with Crippen LogP contribution < -0.4 is 5.73 Å². The van der Waals surface area contributed by atoms with E-state index in [0.717, 1.165) is 32.4 Å². The quantitative estimate of drug-likeness (QED) is 0.663. The standard InChI is InChI=1S/C10H22N2O/c1-9(8-11)12-6-3-4-10(2,13)5-7-12/h9,13H,3-8,11H2,1-2H3. The highest BCUT2D eigenvalue weighted by Gasteiger charge is 2.26. The lowest BCUT2D eigenvalue weighted by Crippen LogP contribution is -2.39. The van der Waals surface area contributed by atoms with Crippen LogP contribution in [0.25, 0.3) is 0 Å². The molecule has 0 aromatic heterocycles. The molecule has 2 atom stereocenters. The van der Waals surface area contributed by atoms with Crippen LogP contribution in [0, 0.1) is 0 Å². The van der Waals surface area contributed by atoms with Crippen molar-refractivity contribution in [3.05, 3.63) is 0 Å². The van der Waals surface area contributed by atoms with E-state index in [1.807, 2.05) is 6.92 Å². The third-order valence-corrected chi connectivity index (χ3v) is 3.06. The number of aliphatic hydroxyl groups is 1. The first kappa shape index (κ1) is 11.0. The Morgan fingerprint density at radius 2 is 2.15 bits per heavy atom. The van der Waals surface area contributed by atoms with Crippen molar-refractivity contribution in [1.29, 1.82) is 0 Å². The molecule has 0 aliphatic carbocycles. The van der Waals surface area contributed by atoms with Gasteiger partial charge in [-0.1, -0.05) is 0 Å². The third kappa shape index (κ3) is 3.25. The highest BCUT2D eigenvalue weighted by atomic mass is 16.3. The normalized spacial score (nSPS) is 34.2. The molecule has 2 unspecified atom stereocenters. The summed E-state index contributed by atoms with van der Waals surface area (Å²) in [5, 5.41) is 9.87. The van der Waals surface area contributed by atoms with Gasteiger partial charge in [-0.15, -0.1) is 0 Å². The van der Waals surface area contributed by atoms with Gasteiger partial charge in [-0.3, -0.25) is 4.90 Å². The van der Waals surface area contributed by atoms with Crippen molar-refractivity contribution in [2.45, 2.75) is 44.8 Å². The molecule has 78 valence electrons. The maximum absolute atomic E-state index is 9.87. The summed E-state index contributed by atoms with van der Waals surface area (Å²) in [5.74, 6) is 0. The molecule has 1 aliphatic heterocycles. The topological polar surface area (TPSA) is 49.5 Å². The molecule has 3 heteroatoms. The zero-order chi connectivity index (χ0) is 9.90. The van der Waals surface area contributed by atoms with Gasteiger partial charge < -0.3 is 10.8 Å². The van der Waals surface area contributed by atoms with E-state index in [1.165, 1.54) is 0 Å². The molecule has 1 saturated heterocycles. The maximum Gasteiger partial charge on any atom is 0.0632 e. The molecular formula is C10H22N2O. The zero-order valence-electron chi connectivity index (χ0n) is 8.79. The van der Waals surface area contributed by atoms with E-state index in [1.54, 1.807) is 0 Å². The van der Waals surface area contributed by atoms with E-state index in [-0.39, 0.29) is 0 Å². The van der Waals surface area contributed by atoms with Crippen molar-refractivity contribution in [3.8, 4) is 0 Å².